The Morgan fingerprint density at radius 1 is 0.900 bits per heavy atom. The third-order valence-electron chi connectivity index (χ3n) is 6.05. The van der Waals surface area contributed by atoms with E-state index in [2.05, 4.69) is 0 Å². The lowest BCUT2D eigenvalue weighted by Crippen LogP contribution is -2.47. The van der Waals surface area contributed by atoms with Crippen LogP contribution in [0.2, 0.25) is 0 Å². The number of rotatable bonds is 5. The van der Waals surface area contributed by atoms with Gasteiger partial charge in [-0.15, -0.1) is 0 Å². The molecule has 1 atom stereocenters. The molecule has 4 heteroatoms. The van der Waals surface area contributed by atoms with Crippen LogP contribution in [0.4, 0.5) is 0 Å². The van der Waals surface area contributed by atoms with E-state index in [1.807, 2.05) is 0 Å². The van der Waals surface area contributed by atoms with E-state index in [0.29, 0.717) is 17.8 Å². The zero-order valence-electron chi connectivity index (χ0n) is 12.6. The van der Waals surface area contributed by atoms with Crippen molar-refractivity contribution in [3.8, 4) is 0 Å². The molecule has 0 aliphatic heterocycles. The van der Waals surface area contributed by atoms with Gasteiger partial charge in [-0.05, 0) is 82.2 Å². The fourth-order valence-electron chi connectivity index (χ4n) is 4.28. The fraction of sp³-hybridized carbons (Fsp3) is 1.00. The molecule has 2 fully saturated rings. The molecule has 20 heavy (non-hydrogen) atoms. The maximum Gasteiger partial charge on any atom is 0.0646 e. The van der Waals surface area contributed by atoms with E-state index in [0.717, 1.165) is 64.5 Å². The van der Waals surface area contributed by atoms with Crippen molar-refractivity contribution in [3.63, 3.8) is 0 Å². The molecule has 2 rings (SSSR count). The number of aliphatic hydroxyl groups is 2. The van der Waals surface area contributed by atoms with Crippen LogP contribution in [-0.4, -0.2) is 36.0 Å². The monoisotopic (exact) mass is 284 g/mol. The summed E-state index contributed by atoms with van der Waals surface area (Å²) in [4.78, 5) is 0. The van der Waals surface area contributed by atoms with Crippen LogP contribution >= 0.6 is 0 Å². The Hall–Kier alpha value is -0.160. The minimum Gasteiger partial charge on any atom is -0.396 e. The quantitative estimate of drug-likeness (QED) is 0.611. The van der Waals surface area contributed by atoms with Gasteiger partial charge < -0.3 is 21.7 Å². The average Bonchev–Trinajstić information content (AvgIpc) is 2.54. The molecule has 0 aromatic rings. The second-order valence-corrected chi connectivity index (χ2v) is 7.16. The minimum absolute atomic E-state index is 0.113. The molecule has 118 valence electrons. The van der Waals surface area contributed by atoms with Gasteiger partial charge in [0.15, 0.2) is 0 Å². The zero-order chi connectivity index (χ0) is 14.6. The van der Waals surface area contributed by atoms with Crippen LogP contribution in [0.1, 0.15) is 51.4 Å². The number of aliphatic hydroxyl groups excluding tert-OH is 2. The van der Waals surface area contributed by atoms with E-state index in [1.165, 1.54) is 0 Å². The molecule has 0 aromatic carbocycles. The number of hydrogen-bond acceptors (Lipinski definition) is 4. The van der Waals surface area contributed by atoms with Crippen LogP contribution in [0, 0.1) is 23.2 Å². The predicted molar refractivity (Wildman–Crippen MR) is 81.0 cm³/mol. The van der Waals surface area contributed by atoms with Gasteiger partial charge in [-0.1, -0.05) is 0 Å². The van der Waals surface area contributed by atoms with Gasteiger partial charge in [0.05, 0.1) is 12.7 Å². The van der Waals surface area contributed by atoms with E-state index in [4.69, 9.17) is 11.5 Å². The molecule has 0 spiro atoms. The van der Waals surface area contributed by atoms with Gasteiger partial charge in [-0.3, -0.25) is 0 Å². The normalized spacial score (nSPS) is 40.5. The molecule has 0 heterocycles. The Labute approximate surface area is 122 Å². The highest BCUT2D eigenvalue weighted by Crippen LogP contribution is 2.46. The summed E-state index contributed by atoms with van der Waals surface area (Å²) in [5, 5.41) is 20.7. The van der Waals surface area contributed by atoms with Crippen molar-refractivity contribution in [1.29, 1.82) is 0 Å². The molecular formula is C16H32N2O2. The third-order valence-corrected chi connectivity index (χ3v) is 6.05. The Morgan fingerprint density at radius 3 is 1.85 bits per heavy atom. The first-order valence-corrected chi connectivity index (χ1v) is 8.34. The summed E-state index contributed by atoms with van der Waals surface area (Å²) in [6, 6.07) is 0. The van der Waals surface area contributed by atoms with Crippen molar-refractivity contribution in [2.75, 3.05) is 19.7 Å². The maximum atomic E-state index is 10.8. The molecule has 0 radical (unpaired) electrons. The predicted octanol–water partition coefficient (Wildman–Crippen LogP) is 1.24. The summed E-state index contributed by atoms with van der Waals surface area (Å²) < 4.78 is 0. The van der Waals surface area contributed by atoms with E-state index >= 15 is 0 Å². The Morgan fingerprint density at radius 2 is 1.40 bits per heavy atom. The first-order valence-electron chi connectivity index (χ1n) is 8.34. The maximum absolute atomic E-state index is 10.8. The highest BCUT2D eigenvalue weighted by molar-refractivity contribution is 4.95. The van der Waals surface area contributed by atoms with Crippen LogP contribution in [0.5, 0.6) is 0 Å². The first kappa shape index (κ1) is 16.2. The molecule has 0 amide bonds. The molecule has 0 aromatic heterocycles. The summed E-state index contributed by atoms with van der Waals surface area (Å²) >= 11 is 0. The molecule has 1 unspecified atom stereocenters. The Bertz CT molecular complexity index is 282. The standard InChI is InChI=1S/C16H32N2O2/c17-9-12-1-3-14(4-2-12)15(20)16(11-19)7-5-13(10-18)6-8-16/h12-15,19-20H,1-11,17-18H2. The molecule has 6 N–H and O–H groups in total. The van der Waals surface area contributed by atoms with Gasteiger partial charge in [-0.25, -0.2) is 0 Å². The van der Waals surface area contributed by atoms with Crippen molar-refractivity contribution in [2.24, 2.45) is 34.6 Å². The third kappa shape index (κ3) is 3.35. The minimum atomic E-state index is -0.357. The van der Waals surface area contributed by atoms with Gasteiger partial charge in [-0.2, -0.15) is 0 Å². The molecule has 2 saturated carbocycles. The fourth-order valence-corrected chi connectivity index (χ4v) is 4.28. The number of hydrogen-bond donors (Lipinski definition) is 4. The van der Waals surface area contributed by atoms with Crippen LogP contribution in [0.3, 0.4) is 0 Å². The highest BCUT2D eigenvalue weighted by Gasteiger charge is 2.44. The lowest BCUT2D eigenvalue weighted by Gasteiger charge is -2.46. The lowest BCUT2D eigenvalue weighted by molar-refractivity contribution is -0.0875. The SMILES string of the molecule is NCC1CCC(C(O)C2(CO)CCC(CN)CC2)CC1. The molecule has 0 saturated heterocycles. The van der Waals surface area contributed by atoms with Crippen LogP contribution in [0.25, 0.3) is 0 Å². The number of nitrogens with two attached hydrogens (primary N) is 2. The van der Waals surface area contributed by atoms with Crippen LogP contribution in [-0.2, 0) is 0 Å². The van der Waals surface area contributed by atoms with Crippen molar-refractivity contribution in [2.45, 2.75) is 57.5 Å². The second kappa shape index (κ2) is 7.21. The summed E-state index contributed by atoms with van der Waals surface area (Å²) in [5.41, 5.74) is 11.2. The molecule has 4 nitrogen and oxygen atoms in total. The van der Waals surface area contributed by atoms with Gasteiger partial charge >= 0.3 is 0 Å². The van der Waals surface area contributed by atoms with Crippen molar-refractivity contribution >= 4 is 0 Å². The second-order valence-electron chi connectivity index (χ2n) is 7.16. The highest BCUT2D eigenvalue weighted by atomic mass is 16.3. The molecule has 2 aliphatic carbocycles. The molecule has 0 bridgehead atoms. The van der Waals surface area contributed by atoms with E-state index < -0.39 is 0 Å². The summed E-state index contributed by atoms with van der Waals surface area (Å²) in [6.45, 7) is 1.62. The first-order chi connectivity index (χ1) is 9.65. The smallest absolute Gasteiger partial charge is 0.0646 e. The zero-order valence-corrected chi connectivity index (χ0v) is 12.6. The van der Waals surface area contributed by atoms with E-state index in [1.54, 1.807) is 0 Å². The average molecular weight is 284 g/mol. The molecular weight excluding hydrogens is 252 g/mol. The van der Waals surface area contributed by atoms with Gasteiger partial charge in [0.25, 0.3) is 0 Å². The molecule has 2 aliphatic rings. The van der Waals surface area contributed by atoms with Gasteiger partial charge in [0.1, 0.15) is 0 Å². The van der Waals surface area contributed by atoms with Gasteiger partial charge in [0, 0.05) is 5.41 Å². The summed E-state index contributed by atoms with van der Waals surface area (Å²) in [5.74, 6) is 1.56. The topological polar surface area (TPSA) is 92.5 Å². The van der Waals surface area contributed by atoms with Crippen LogP contribution in [0.15, 0.2) is 0 Å². The van der Waals surface area contributed by atoms with E-state index in [-0.39, 0.29) is 18.1 Å². The summed E-state index contributed by atoms with van der Waals surface area (Å²) in [6.07, 6.45) is 7.96. The lowest BCUT2D eigenvalue weighted by atomic mass is 9.62. The van der Waals surface area contributed by atoms with Gasteiger partial charge in [0.2, 0.25) is 0 Å². The largest absolute Gasteiger partial charge is 0.396 e. The Balaban J connectivity index is 1.94. The van der Waals surface area contributed by atoms with Crippen molar-refractivity contribution in [3.05, 3.63) is 0 Å². The van der Waals surface area contributed by atoms with Crippen molar-refractivity contribution in [1.82, 2.24) is 0 Å². The summed E-state index contributed by atoms with van der Waals surface area (Å²) in [7, 11) is 0. The van der Waals surface area contributed by atoms with Crippen molar-refractivity contribution < 1.29 is 10.2 Å². The van der Waals surface area contributed by atoms with Crippen LogP contribution < -0.4 is 11.5 Å². The van der Waals surface area contributed by atoms with E-state index in [9.17, 15) is 10.2 Å². The Kier molecular flexibility index (Phi) is 5.84.